The van der Waals surface area contributed by atoms with Crippen LogP contribution in [0.4, 0.5) is 0 Å². The normalized spacial score (nSPS) is 22.1. The van der Waals surface area contributed by atoms with Crippen LogP contribution < -0.4 is 10.1 Å². The Morgan fingerprint density at radius 3 is 2.50 bits per heavy atom. The number of benzene rings is 1. The number of carbonyl (C=O) groups is 1. The van der Waals surface area contributed by atoms with E-state index in [1.54, 1.807) is 25.3 Å². The minimum atomic E-state index is -0.00582. The number of nitrogens with one attached hydrogen (secondary N) is 1. The van der Waals surface area contributed by atoms with Gasteiger partial charge in [-0.2, -0.15) is 0 Å². The van der Waals surface area contributed by atoms with Crippen molar-refractivity contribution in [2.45, 2.75) is 25.9 Å². The summed E-state index contributed by atoms with van der Waals surface area (Å²) in [5.74, 6) is 0.519. The van der Waals surface area contributed by atoms with Gasteiger partial charge in [0.1, 0.15) is 5.75 Å². The van der Waals surface area contributed by atoms with Crippen LogP contribution in [-0.2, 0) is 0 Å². The van der Waals surface area contributed by atoms with Crippen LogP contribution in [0.1, 0.15) is 24.2 Å². The van der Waals surface area contributed by atoms with E-state index >= 15 is 0 Å². The molecule has 2 rings (SSSR count). The summed E-state index contributed by atoms with van der Waals surface area (Å²) < 4.78 is 5.24. The van der Waals surface area contributed by atoms with Crippen molar-refractivity contribution in [2.24, 2.45) is 0 Å². The molecule has 0 radical (unpaired) electrons. The lowest BCUT2D eigenvalue weighted by Gasteiger charge is -2.36. The van der Waals surface area contributed by atoms with Gasteiger partial charge in [-0.1, -0.05) is 11.6 Å². The van der Waals surface area contributed by atoms with Gasteiger partial charge < -0.3 is 15.0 Å². The zero-order chi connectivity index (χ0) is 14.0. The number of halogens is 2. The van der Waals surface area contributed by atoms with Crippen LogP contribution in [0, 0.1) is 0 Å². The van der Waals surface area contributed by atoms with Crippen LogP contribution in [0.3, 0.4) is 0 Å². The van der Waals surface area contributed by atoms with Crippen molar-refractivity contribution < 1.29 is 9.53 Å². The third-order valence-corrected chi connectivity index (χ3v) is 3.47. The molecule has 6 heteroatoms. The average molecular weight is 319 g/mol. The fourth-order valence-electron chi connectivity index (χ4n) is 2.50. The number of rotatable bonds is 2. The molecule has 2 atom stereocenters. The second-order valence-corrected chi connectivity index (χ2v) is 5.46. The maximum absolute atomic E-state index is 12.6. The number of ether oxygens (including phenoxy) is 1. The van der Waals surface area contributed by atoms with E-state index in [0.29, 0.717) is 41.5 Å². The van der Waals surface area contributed by atoms with Crippen molar-refractivity contribution in [3.63, 3.8) is 0 Å². The Kier molecular flexibility index (Phi) is 6.11. The molecule has 0 bridgehead atoms. The van der Waals surface area contributed by atoms with Gasteiger partial charge in [0.05, 0.1) is 12.7 Å². The zero-order valence-corrected chi connectivity index (χ0v) is 13.4. The second-order valence-electron chi connectivity index (χ2n) is 5.02. The molecule has 0 aliphatic carbocycles. The average Bonchev–Trinajstić information content (AvgIpc) is 2.36. The third kappa shape index (κ3) is 3.78. The molecule has 4 nitrogen and oxygen atoms in total. The van der Waals surface area contributed by atoms with E-state index in [1.807, 2.05) is 4.90 Å². The van der Waals surface area contributed by atoms with Gasteiger partial charge >= 0.3 is 0 Å². The highest BCUT2D eigenvalue weighted by atomic mass is 35.5. The van der Waals surface area contributed by atoms with E-state index in [9.17, 15) is 4.79 Å². The number of nitrogens with zero attached hydrogens (tertiary/aromatic N) is 1. The largest absolute Gasteiger partial charge is 0.496 e. The number of amides is 1. The fraction of sp³-hybridized carbons (Fsp3) is 0.500. The van der Waals surface area contributed by atoms with Gasteiger partial charge in [-0.05, 0) is 32.0 Å². The molecular formula is C14H20Cl2N2O2. The summed E-state index contributed by atoms with van der Waals surface area (Å²) in [5, 5.41) is 3.97. The van der Waals surface area contributed by atoms with E-state index in [0.717, 1.165) is 0 Å². The topological polar surface area (TPSA) is 41.6 Å². The summed E-state index contributed by atoms with van der Waals surface area (Å²) in [5.41, 5.74) is 0.563. The first-order valence-electron chi connectivity index (χ1n) is 6.40. The van der Waals surface area contributed by atoms with Gasteiger partial charge in [-0.25, -0.2) is 0 Å². The van der Waals surface area contributed by atoms with E-state index in [2.05, 4.69) is 19.2 Å². The van der Waals surface area contributed by atoms with Crippen molar-refractivity contribution in [1.29, 1.82) is 0 Å². The van der Waals surface area contributed by atoms with Crippen molar-refractivity contribution in [3.8, 4) is 5.75 Å². The molecule has 1 aromatic carbocycles. The maximum atomic E-state index is 12.6. The van der Waals surface area contributed by atoms with Gasteiger partial charge in [-0.3, -0.25) is 4.79 Å². The molecule has 1 N–H and O–H groups in total. The SMILES string of the molecule is COc1cc(Cl)ccc1C(=O)N1CC(C)NC(C)C1.Cl. The lowest BCUT2D eigenvalue weighted by atomic mass is 10.1. The second kappa shape index (κ2) is 7.16. The zero-order valence-electron chi connectivity index (χ0n) is 11.9. The van der Waals surface area contributed by atoms with E-state index in [-0.39, 0.29) is 18.3 Å². The minimum absolute atomic E-state index is 0. The van der Waals surface area contributed by atoms with Crippen LogP contribution in [0.15, 0.2) is 18.2 Å². The Hall–Kier alpha value is -0.970. The number of piperazine rings is 1. The summed E-state index contributed by atoms with van der Waals surface area (Å²) in [7, 11) is 1.55. The van der Waals surface area contributed by atoms with Gasteiger partial charge in [0.25, 0.3) is 5.91 Å². The summed E-state index contributed by atoms with van der Waals surface area (Å²) in [6.45, 7) is 5.56. The van der Waals surface area contributed by atoms with Crippen LogP contribution in [-0.4, -0.2) is 43.1 Å². The van der Waals surface area contributed by atoms with Gasteiger partial charge in [0.15, 0.2) is 0 Å². The molecule has 1 aromatic rings. The summed E-state index contributed by atoms with van der Waals surface area (Å²) in [4.78, 5) is 14.4. The van der Waals surface area contributed by atoms with E-state index in [1.165, 1.54) is 0 Å². The highest BCUT2D eigenvalue weighted by Gasteiger charge is 2.27. The molecule has 1 heterocycles. The van der Waals surface area contributed by atoms with Crippen LogP contribution in [0.25, 0.3) is 0 Å². The van der Waals surface area contributed by atoms with Crippen molar-refractivity contribution in [1.82, 2.24) is 10.2 Å². The molecular weight excluding hydrogens is 299 g/mol. The summed E-state index contributed by atoms with van der Waals surface area (Å²) in [6.07, 6.45) is 0. The Morgan fingerprint density at radius 2 is 1.95 bits per heavy atom. The minimum Gasteiger partial charge on any atom is -0.496 e. The van der Waals surface area contributed by atoms with Crippen LogP contribution >= 0.6 is 24.0 Å². The first-order valence-corrected chi connectivity index (χ1v) is 6.78. The summed E-state index contributed by atoms with van der Waals surface area (Å²) >= 11 is 5.92. The monoisotopic (exact) mass is 318 g/mol. The molecule has 1 amide bonds. The molecule has 1 aliphatic heterocycles. The summed E-state index contributed by atoms with van der Waals surface area (Å²) in [6, 6.07) is 5.70. The standard InChI is InChI=1S/C14H19ClN2O2.ClH/c1-9-7-17(8-10(2)16-9)14(18)12-5-4-11(15)6-13(12)19-3;/h4-6,9-10,16H,7-8H2,1-3H3;1H. The quantitative estimate of drug-likeness (QED) is 0.911. The highest BCUT2D eigenvalue weighted by Crippen LogP contribution is 2.25. The lowest BCUT2D eigenvalue weighted by molar-refractivity contribution is 0.0670. The van der Waals surface area contributed by atoms with Crippen molar-refractivity contribution in [3.05, 3.63) is 28.8 Å². The predicted octanol–water partition coefficient (Wildman–Crippen LogP) is 2.59. The first kappa shape index (κ1) is 17.1. The van der Waals surface area contributed by atoms with Crippen molar-refractivity contribution in [2.75, 3.05) is 20.2 Å². The molecule has 1 saturated heterocycles. The number of hydrogen-bond donors (Lipinski definition) is 1. The Bertz CT molecular complexity index is 472. The molecule has 20 heavy (non-hydrogen) atoms. The smallest absolute Gasteiger partial charge is 0.257 e. The third-order valence-electron chi connectivity index (χ3n) is 3.24. The molecule has 0 spiro atoms. The number of methoxy groups -OCH3 is 1. The molecule has 112 valence electrons. The molecule has 1 fully saturated rings. The fourth-order valence-corrected chi connectivity index (χ4v) is 2.67. The number of carbonyl (C=O) groups excluding carboxylic acids is 1. The molecule has 0 aromatic heterocycles. The predicted molar refractivity (Wildman–Crippen MR) is 83.2 cm³/mol. The molecule has 2 unspecified atom stereocenters. The maximum Gasteiger partial charge on any atom is 0.257 e. The number of hydrogen-bond acceptors (Lipinski definition) is 3. The molecule has 0 saturated carbocycles. The molecule has 1 aliphatic rings. The van der Waals surface area contributed by atoms with E-state index < -0.39 is 0 Å². The Labute approximate surface area is 130 Å². The Balaban J connectivity index is 0.00000200. The first-order chi connectivity index (χ1) is 9.01. The van der Waals surface area contributed by atoms with E-state index in [4.69, 9.17) is 16.3 Å². The van der Waals surface area contributed by atoms with Gasteiger partial charge in [0, 0.05) is 30.2 Å². The van der Waals surface area contributed by atoms with Crippen LogP contribution in [0.2, 0.25) is 5.02 Å². The lowest BCUT2D eigenvalue weighted by Crippen LogP contribution is -2.55. The van der Waals surface area contributed by atoms with Gasteiger partial charge in [-0.15, -0.1) is 12.4 Å². The van der Waals surface area contributed by atoms with Crippen LogP contribution in [0.5, 0.6) is 5.75 Å². The van der Waals surface area contributed by atoms with Gasteiger partial charge in [0.2, 0.25) is 0 Å². The highest BCUT2D eigenvalue weighted by molar-refractivity contribution is 6.30. The van der Waals surface area contributed by atoms with Crippen molar-refractivity contribution >= 4 is 29.9 Å². The Morgan fingerprint density at radius 1 is 1.35 bits per heavy atom.